The Morgan fingerprint density at radius 2 is 1.94 bits per heavy atom. The Labute approximate surface area is 188 Å². The van der Waals surface area contributed by atoms with E-state index in [-0.39, 0.29) is 12.6 Å². The number of hydrogen-bond acceptors (Lipinski definition) is 5. The summed E-state index contributed by atoms with van der Waals surface area (Å²) in [6.07, 6.45) is 8.79. The number of nitrogens with one attached hydrogen (secondary N) is 2. The molecule has 4 aromatic rings. The van der Waals surface area contributed by atoms with Gasteiger partial charge in [-0.05, 0) is 48.6 Å². The van der Waals surface area contributed by atoms with Crippen LogP contribution in [0.25, 0.3) is 16.6 Å². The molecule has 32 heavy (non-hydrogen) atoms. The van der Waals surface area contributed by atoms with E-state index in [9.17, 15) is 5.11 Å². The number of nitrogens with zero attached hydrogens (tertiary/aromatic N) is 4. The van der Waals surface area contributed by atoms with E-state index in [1.54, 1.807) is 12.7 Å². The van der Waals surface area contributed by atoms with Crippen molar-refractivity contribution in [3.63, 3.8) is 0 Å². The number of benzene rings is 2. The van der Waals surface area contributed by atoms with Gasteiger partial charge >= 0.3 is 0 Å². The average molecular weight is 431 g/mol. The molecule has 0 amide bonds. The molecule has 2 aromatic carbocycles. The highest BCUT2D eigenvalue weighted by Gasteiger charge is 2.29. The van der Waals surface area contributed by atoms with Crippen LogP contribution in [0.3, 0.4) is 0 Å². The fraction of sp³-hybridized carbons (Fsp3) is 0.360. The van der Waals surface area contributed by atoms with Crippen LogP contribution in [-0.2, 0) is 6.42 Å². The molecule has 0 saturated carbocycles. The van der Waals surface area contributed by atoms with E-state index in [1.807, 2.05) is 10.6 Å². The summed E-state index contributed by atoms with van der Waals surface area (Å²) >= 11 is 0. The molecular formula is C25H30N6O. The van der Waals surface area contributed by atoms with Gasteiger partial charge in [0.15, 0.2) is 0 Å². The second-order valence-electron chi connectivity index (χ2n) is 8.51. The van der Waals surface area contributed by atoms with Gasteiger partial charge in [-0.1, -0.05) is 30.3 Å². The van der Waals surface area contributed by atoms with Crippen LogP contribution in [-0.4, -0.2) is 62.0 Å². The summed E-state index contributed by atoms with van der Waals surface area (Å²) in [7, 11) is 0. The number of aliphatic hydroxyl groups is 1. The highest BCUT2D eigenvalue weighted by atomic mass is 16.3. The molecule has 2 atom stereocenters. The predicted octanol–water partition coefficient (Wildman–Crippen LogP) is 3.08. The Kier molecular flexibility index (Phi) is 6.29. The van der Waals surface area contributed by atoms with Crippen LogP contribution >= 0.6 is 0 Å². The summed E-state index contributed by atoms with van der Waals surface area (Å²) in [6.45, 7) is 3.04. The molecule has 1 aliphatic rings. The molecule has 2 unspecified atom stereocenters. The molecule has 0 aliphatic carbocycles. The maximum absolute atomic E-state index is 10.2. The van der Waals surface area contributed by atoms with Gasteiger partial charge in [0.05, 0.1) is 12.6 Å². The minimum absolute atomic E-state index is 0.0581. The molecule has 1 saturated heterocycles. The van der Waals surface area contributed by atoms with Crippen molar-refractivity contribution in [2.75, 3.05) is 26.2 Å². The Bertz CT molecular complexity index is 1120. The van der Waals surface area contributed by atoms with Crippen LogP contribution in [0.5, 0.6) is 0 Å². The molecule has 7 heteroatoms. The summed E-state index contributed by atoms with van der Waals surface area (Å²) < 4.78 is 1.93. The molecule has 1 fully saturated rings. The number of H-pyrrole nitrogens is 1. The first-order valence-corrected chi connectivity index (χ1v) is 11.4. The number of rotatable bonds is 8. The van der Waals surface area contributed by atoms with Crippen molar-refractivity contribution in [1.29, 1.82) is 0 Å². The molecule has 1 aliphatic heterocycles. The lowest BCUT2D eigenvalue weighted by atomic mass is 9.98. The first-order valence-electron chi connectivity index (χ1n) is 11.4. The zero-order valence-corrected chi connectivity index (χ0v) is 18.2. The monoisotopic (exact) mass is 430 g/mol. The Hall–Kier alpha value is -3.00. The van der Waals surface area contributed by atoms with Crippen LogP contribution < -0.4 is 5.32 Å². The average Bonchev–Trinajstić information content (AvgIpc) is 3.51. The van der Waals surface area contributed by atoms with Crippen LogP contribution in [0.1, 0.15) is 30.0 Å². The number of piperazine rings is 1. The second-order valence-corrected chi connectivity index (χ2v) is 8.51. The number of aryl methyl sites for hydroxylation is 1. The summed E-state index contributed by atoms with van der Waals surface area (Å²) in [6, 6.07) is 17.3. The minimum Gasteiger partial charge on any atom is -0.394 e. The molecule has 3 heterocycles. The number of aromatic nitrogens is 4. The van der Waals surface area contributed by atoms with E-state index in [2.05, 4.69) is 74.1 Å². The molecular weight excluding hydrogens is 400 g/mol. The quantitative estimate of drug-likeness (QED) is 0.400. The molecule has 7 nitrogen and oxygen atoms in total. The highest BCUT2D eigenvalue weighted by molar-refractivity contribution is 5.85. The first kappa shape index (κ1) is 20.9. The van der Waals surface area contributed by atoms with Gasteiger partial charge in [0.1, 0.15) is 12.7 Å². The van der Waals surface area contributed by atoms with Gasteiger partial charge in [-0.2, -0.15) is 0 Å². The molecule has 0 spiro atoms. The van der Waals surface area contributed by atoms with Crippen molar-refractivity contribution in [3.8, 4) is 5.69 Å². The van der Waals surface area contributed by atoms with E-state index in [0.29, 0.717) is 6.04 Å². The van der Waals surface area contributed by atoms with Gasteiger partial charge in [-0.15, -0.1) is 10.2 Å². The fourth-order valence-corrected chi connectivity index (χ4v) is 4.93. The third-order valence-electron chi connectivity index (χ3n) is 6.60. The van der Waals surface area contributed by atoms with Gasteiger partial charge in [0.2, 0.25) is 0 Å². The van der Waals surface area contributed by atoms with Crippen LogP contribution in [0.2, 0.25) is 0 Å². The van der Waals surface area contributed by atoms with Crippen LogP contribution in [0.15, 0.2) is 67.4 Å². The maximum atomic E-state index is 10.2. The smallest absolute Gasteiger partial charge is 0.123 e. The lowest BCUT2D eigenvalue weighted by molar-refractivity contribution is 0.0599. The molecule has 0 radical (unpaired) electrons. The number of aromatic amines is 1. The van der Waals surface area contributed by atoms with Crippen molar-refractivity contribution >= 4 is 10.9 Å². The Morgan fingerprint density at radius 3 is 2.75 bits per heavy atom. The zero-order valence-electron chi connectivity index (χ0n) is 18.2. The van der Waals surface area contributed by atoms with Gasteiger partial charge in [0, 0.05) is 48.5 Å². The summed E-state index contributed by atoms with van der Waals surface area (Å²) in [5, 5.41) is 22.8. The normalized spacial score (nSPS) is 18.2. The van der Waals surface area contributed by atoms with Crippen molar-refractivity contribution < 1.29 is 5.11 Å². The maximum Gasteiger partial charge on any atom is 0.123 e. The largest absolute Gasteiger partial charge is 0.394 e. The molecule has 166 valence electrons. The summed E-state index contributed by atoms with van der Waals surface area (Å²) in [5.74, 6) is 0. The minimum atomic E-state index is 0.0581. The first-order chi connectivity index (χ1) is 15.8. The SMILES string of the molecule is OCC(c1ccccc1)N1CCNCC1CCCc1c[nH]c2ccc(-n3cnnc3)cc12. The third kappa shape index (κ3) is 4.32. The van der Waals surface area contributed by atoms with Gasteiger partial charge < -0.3 is 15.4 Å². The molecule has 5 rings (SSSR count). The van der Waals surface area contributed by atoms with Gasteiger partial charge in [0.25, 0.3) is 0 Å². The van der Waals surface area contributed by atoms with Crippen molar-refractivity contribution in [3.05, 3.63) is 78.5 Å². The predicted molar refractivity (Wildman–Crippen MR) is 126 cm³/mol. The second kappa shape index (κ2) is 9.65. The van der Waals surface area contributed by atoms with Crippen molar-refractivity contribution in [2.24, 2.45) is 0 Å². The molecule has 3 N–H and O–H groups in total. The lowest BCUT2D eigenvalue weighted by Gasteiger charge is -2.41. The van der Waals surface area contributed by atoms with E-state index in [1.165, 1.54) is 16.5 Å². The van der Waals surface area contributed by atoms with Crippen LogP contribution in [0.4, 0.5) is 0 Å². The number of hydrogen-bond donors (Lipinski definition) is 3. The highest BCUT2D eigenvalue weighted by Crippen LogP contribution is 2.27. The molecule has 2 aromatic heterocycles. The van der Waals surface area contributed by atoms with E-state index < -0.39 is 0 Å². The Morgan fingerprint density at radius 1 is 1.09 bits per heavy atom. The summed E-state index contributed by atoms with van der Waals surface area (Å²) in [4.78, 5) is 5.90. The standard InChI is InChI=1S/C25H30N6O/c32-16-25(19-5-2-1-3-6-19)31-12-11-26-15-22(31)8-4-7-20-14-27-24-10-9-21(13-23(20)24)30-17-28-29-18-30/h1-3,5-6,9-10,13-14,17-18,22,25-27,32H,4,7-8,11-12,15-16H2. The zero-order chi connectivity index (χ0) is 21.8. The fourth-order valence-electron chi connectivity index (χ4n) is 4.93. The van der Waals surface area contributed by atoms with Crippen molar-refractivity contribution in [2.45, 2.75) is 31.3 Å². The topological polar surface area (TPSA) is 82.0 Å². The third-order valence-corrected chi connectivity index (χ3v) is 6.60. The van der Waals surface area contributed by atoms with Gasteiger partial charge in [-0.25, -0.2) is 0 Å². The number of fused-ring (bicyclic) bond motifs is 1. The van der Waals surface area contributed by atoms with Crippen LogP contribution in [0, 0.1) is 0 Å². The van der Waals surface area contributed by atoms with E-state index >= 15 is 0 Å². The number of aliphatic hydroxyl groups excluding tert-OH is 1. The van der Waals surface area contributed by atoms with Gasteiger partial charge in [-0.3, -0.25) is 9.47 Å². The van der Waals surface area contributed by atoms with E-state index in [0.717, 1.165) is 50.1 Å². The molecule has 0 bridgehead atoms. The Balaban J connectivity index is 1.28. The summed E-state index contributed by atoms with van der Waals surface area (Å²) in [5.41, 5.74) is 4.76. The van der Waals surface area contributed by atoms with E-state index in [4.69, 9.17) is 0 Å². The lowest BCUT2D eigenvalue weighted by Crippen LogP contribution is -2.53. The van der Waals surface area contributed by atoms with Crippen molar-refractivity contribution in [1.82, 2.24) is 30.0 Å².